The molecule has 0 aliphatic carbocycles. The minimum atomic E-state index is -3.31. The monoisotopic (exact) mass is 363 g/mol. The fourth-order valence-corrected chi connectivity index (χ4v) is 1.59. The van der Waals surface area contributed by atoms with Crippen molar-refractivity contribution in [2.75, 3.05) is 4.72 Å². The zero-order chi connectivity index (χ0) is 9.19. The highest BCUT2D eigenvalue weighted by molar-refractivity contribution is 14.2. The van der Waals surface area contributed by atoms with Crippen LogP contribution < -0.4 is 4.72 Å². The standard InChI is InChI=1S/C4H3BrIN3O2S/c5-3-1-7-4(8-2-3)9-12(6,10)11/h1-2H,(H,7,8,9). The van der Waals surface area contributed by atoms with E-state index < -0.39 is 7.19 Å². The lowest BCUT2D eigenvalue weighted by Gasteiger charge is -1.98. The van der Waals surface area contributed by atoms with Gasteiger partial charge in [0.05, 0.1) is 25.7 Å². The summed E-state index contributed by atoms with van der Waals surface area (Å²) in [7, 11) is -3.31. The minimum Gasteiger partial charge on any atom is -0.243 e. The summed E-state index contributed by atoms with van der Waals surface area (Å²) in [6.07, 6.45) is 2.91. The molecule has 1 aromatic heterocycles. The van der Waals surface area contributed by atoms with E-state index in [1.807, 2.05) is 0 Å². The van der Waals surface area contributed by atoms with Crippen LogP contribution in [0.2, 0.25) is 0 Å². The number of anilines is 1. The van der Waals surface area contributed by atoms with Gasteiger partial charge in [-0.2, -0.15) is 8.42 Å². The highest BCUT2D eigenvalue weighted by atomic mass is 127. The van der Waals surface area contributed by atoms with E-state index in [1.165, 1.54) is 33.6 Å². The molecule has 1 aromatic rings. The molecule has 0 spiro atoms. The molecule has 0 saturated carbocycles. The van der Waals surface area contributed by atoms with E-state index in [9.17, 15) is 8.42 Å². The molecule has 0 aromatic carbocycles. The second-order valence-electron chi connectivity index (χ2n) is 1.76. The number of hydrogen-bond acceptors (Lipinski definition) is 4. The third-order valence-electron chi connectivity index (χ3n) is 0.834. The van der Waals surface area contributed by atoms with Crippen molar-refractivity contribution >= 4 is 50.3 Å². The van der Waals surface area contributed by atoms with Crippen molar-refractivity contribution in [1.29, 1.82) is 0 Å². The van der Waals surface area contributed by atoms with Crippen LogP contribution in [-0.4, -0.2) is 18.4 Å². The molecule has 0 unspecified atom stereocenters. The van der Waals surface area contributed by atoms with Crippen LogP contribution in [0.3, 0.4) is 0 Å². The lowest BCUT2D eigenvalue weighted by Crippen LogP contribution is -2.06. The summed E-state index contributed by atoms with van der Waals surface area (Å²) in [5, 5.41) is 0. The van der Waals surface area contributed by atoms with Crippen LogP contribution in [0.5, 0.6) is 0 Å². The Kier molecular flexibility index (Phi) is 3.23. The van der Waals surface area contributed by atoms with E-state index in [0.29, 0.717) is 4.47 Å². The van der Waals surface area contributed by atoms with Crippen LogP contribution >= 0.6 is 37.1 Å². The highest BCUT2D eigenvalue weighted by Crippen LogP contribution is 2.09. The molecule has 0 aliphatic rings. The van der Waals surface area contributed by atoms with Gasteiger partial charge in [0.15, 0.2) is 0 Å². The topological polar surface area (TPSA) is 72.0 Å². The summed E-state index contributed by atoms with van der Waals surface area (Å²) >= 11 is 4.38. The van der Waals surface area contributed by atoms with Gasteiger partial charge in [-0.3, -0.25) is 0 Å². The molecule has 0 aliphatic heterocycles. The predicted octanol–water partition coefficient (Wildman–Crippen LogP) is 1.33. The Morgan fingerprint density at radius 1 is 1.42 bits per heavy atom. The molecule has 66 valence electrons. The van der Waals surface area contributed by atoms with Gasteiger partial charge in [-0.1, -0.05) is 0 Å². The summed E-state index contributed by atoms with van der Waals surface area (Å²) in [4.78, 5) is 7.42. The normalized spacial score (nSPS) is 11.2. The fourth-order valence-electron chi connectivity index (χ4n) is 0.474. The maximum Gasteiger partial charge on any atom is 0.288 e. The molecule has 0 saturated heterocycles. The Bertz CT molecular complexity index is 364. The molecule has 0 atom stereocenters. The van der Waals surface area contributed by atoms with Crippen LogP contribution in [0.15, 0.2) is 16.9 Å². The molecule has 8 heteroatoms. The third kappa shape index (κ3) is 3.63. The van der Waals surface area contributed by atoms with Crippen molar-refractivity contribution in [2.24, 2.45) is 0 Å². The quantitative estimate of drug-likeness (QED) is 0.635. The van der Waals surface area contributed by atoms with Crippen molar-refractivity contribution in [2.45, 2.75) is 0 Å². The van der Waals surface area contributed by atoms with Crippen LogP contribution in [0, 0.1) is 0 Å². The second kappa shape index (κ2) is 3.83. The highest BCUT2D eigenvalue weighted by Gasteiger charge is 2.04. The van der Waals surface area contributed by atoms with Crippen molar-refractivity contribution in [1.82, 2.24) is 9.97 Å². The van der Waals surface area contributed by atoms with E-state index in [2.05, 4.69) is 30.6 Å². The third-order valence-corrected chi connectivity index (χ3v) is 2.33. The number of rotatable bonds is 2. The van der Waals surface area contributed by atoms with Gasteiger partial charge >= 0.3 is 0 Å². The molecule has 1 heterocycles. The molecule has 0 amide bonds. The van der Waals surface area contributed by atoms with Crippen molar-refractivity contribution in [3.63, 3.8) is 0 Å². The Labute approximate surface area is 89.8 Å². The van der Waals surface area contributed by atoms with Crippen molar-refractivity contribution < 1.29 is 8.42 Å². The maximum absolute atomic E-state index is 10.7. The summed E-state index contributed by atoms with van der Waals surface area (Å²) < 4.78 is 24.2. The summed E-state index contributed by atoms with van der Waals surface area (Å²) in [6, 6.07) is 0. The van der Waals surface area contributed by atoms with Crippen molar-refractivity contribution in [3.8, 4) is 0 Å². The summed E-state index contributed by atoms with van der Waals surface area (Å²) in [5.74, 6) is 0.0626. The van der Waals surface area contributed by atoms with Crippen LogP contribution in [0.25, 0.3) is 0 Å². The first-order chi connectivity index (χ1) is 5.47. The van der Waals surface area contributed by atoms with Gasteiger partial charge < -0.3 is 0 Å². The van der Waals surface area contributed by atoms with Gasteiger partial charge in [0, 0.05) is 12.4 Å². The van der Waals surface area contributed by atoms with Gasteiger partial charge in [0.25, 0.3) is 7.19 Å². The van der Waals surface area contributed by atoms with Crippen LogP contribution in [-0.2, 0) is 7.19 Å². The van der Waals surface area contributed by atoms with Gasteiger partial charge in [-0.05, 0) is 15.9 Å². The largest absolute Gasteiger partial charge is 0.288 e. The maximum atomic E-state index is 10.7. The van der Waals surface area contributed by atoms with Crippen LogP contribution in [0.4, 0.5) is 5.95 Å². The van der Waals surface area contributed by atoms with Crippen LogP contribution in [0.1, 0.15) is 0 Å². The lowest BCUT2D eigenvalue weighted by molar-refractivity contribution is 0.616. The molecule has 0 fully saturated rings. The Hall–Kier alpha value is 0.0400. The molecule has 1 rings (SSSR count). The number of aromatic nitrogens is 2. The Balaban J connectivity index is 2.85. The zero-order valence-corrected chi connectivity index (χ0v) is 10.1. The van der Waals surface area contributed by atoms with E-state index in [4.69, 9.17) is 0 Å². The van der Waals surface area contributed by atoms with Crippen molar-refractivity contribution in [3.05, 3.63) is 16.9 Å². The minimum absolute atomic E-state index is 0.0626. The first-order valence-corrected chi connectivity index (χ1v) is 7.49. The number of nitrogens with zero attached hydrogens (tertiary/aromatic N) is 2. The molecule has 5 nitrogen and oxygen atoms in total. The summed E-state index contributed by atoms with van der Waals surface area (Å²) in [6.45, 7) is 0. The molecule has 12 heavy (non-hydrogen) atoms. The fraction of sp³-hybridized carbons (Fsp3) is 0. The number of halogens is 2. The number of hydrogen-bond donors (Lipinski definition) is 1. The smallest absolute Gasteiger partial charge is 0.243 e. The van der Waals surface area contributed by atoms with E-state index in [0.717, 1.165) is 0 Å². The van der Waals surface area contributed by atoms with Gasteiger partial charge in [0.1, 0.15) is 0 Å². The average Bonchev–Trinajstić information content (AvgIpc) is 1.91. The number of nitrogens with one attached hydrogen (secondary N) is 1. The first kappa shape index (κ1) is 10.1. The zero-order valence-electron chi connectivity index (χ0n) is 5.53. The Morgan fingerprint density at radius 3 is 2.33 bits per heavy atom. The van der Waals surface area contributed by atoms with Gasteiger partial charge in [-0.15, -0.1) is 0 Å². The molecule has 1 N–H and O–H groups in total. The molecule has 0 bridgehead atoms. The van der Waals surface area contributed by atoms with Gasteiger partial charge in [0.2, 0.25) is 5.95 Å². The van der Waals surface area contributed by atoms with E-state index in [1.54, 1.807) is 0 Å². The van der Waals surface area contributed by atoms with Gasteiger partial charge in [-0.25, -0.2) is 14.7 Å². The first-order valence-electron chi connectivity index (χ1n) is 2.67. The predicted molar refractivity (Wildman–Crippen MR) is 56.3 cm³/mol. The second-order valence-corrected chi connectivity index (χ2v) is 7.24. The van der Waals surface area contributed by atoms with E-state index >= 15 is 0 Å². The lowest BCUT2D eigenvalue weighted by atomic mass is 10.7. The molecule has 0 radical (unpaired) electrons. The Morgan fingerprint density at radius 2 is 1.92 bits per heavy atom. The molecular weight excluding hydrogens is 361 g/mol. The summed E-state index contributed by atoms with van der Waals surface area (Å²) in [5.41, 5.74) is 0. The SMILES string of the molecule is O=S(=O)(I)Nc1ncc(Br)cn1. The average molecular weight is 364 g/mol. The molecular formula is C4H3BrIN3O2S. The van der Waals surface area contributed by atoms with E-state index in [-0.39, 0.29) is 5.95 Å².